The van der Waals surface area contributed by atoms with E-state index >= 15 is 0 Å². The summed E-state index contributed by atoms with van der Waals surface area (Å²) >= 11 is 0. The van der Waals surface area contributed by atoms with Gasteiger partial charge in [0.25, 0.3) is 0 Å². The molecule has 1 aromatic rings. The molecular formula is C15H30N6O. The standard InChI is InChI=1S/C15H30N6O/c1-6-16-15(18-10-14-19-11-20-21(14)5)17-9-8-13(12(3)4)22-7-2/h11-13H,6-10H2,1-5H3,(H2,16,17,18). The SMILES string of the molecule is CCNC(=NCc1ncnn1C)NCCC(OCC)C(C)C. The van der Waals surface area contributed by atoms with Crippen molar-refractivity contribution in [3.63, 3.8) is 0 Å². The predicted molar refractivity (Wildman–Crippen MR) is 88.7 cm³/mol. The van der Waals surface area contributed by atoms with Crippen LogP contribution in [0.5, 0.6) is 0 Å². The van der Waals surface area contributed by atoms with Gasteiger partial charge in [-0.05, 0) is 26.2 Å². The van der Waals surface area contributed by atoms with Crippen molar-refractivity contribution in [2.24, 2.45) is 18.0 Å². The first-order valence-electron chi connectivity index (χ1n) is 8.05. The van der Waals surface area contributed by atoms with Gasteiger partial charge in [0.1, 0.15) is 18.7 Å². The van der Waals surface area contributed by atoms with Crippen molar-refractivity contribution in [2.45, 2.75) is 46.8 Å². The lowest BCUT2D eigenvalue weighted by Gasteiger charge is -2.21. The molecule has 7 nitrogen and oxygen atoms in total. The Morgan fingerprint density at radius 1 is 1.36 bits per heavy atom. The summed E-state index contributed by atoms with van der Waals surface area (Å²) in [5.74, 6) is 2.15. The van der Waals surface area contributed by atoms with Crippen LogP contribution in [0.15, 0.2) is 11.3 Å². The quantitative estimate of drug-likeness (QED) is 0.531. The van der Waals surface area contributed by atoms with Crippen LogP contribution in [-0.4, -0.2) is 46.5 Å². The minimum absolute atomic E-state index is 0.277. The molecule has 0 radical (unpaired) electrons. The van der Waals surface area contributed by atoms with E-state index in [1.807, 2.05) is 14.0 Å². The molecule has 0 amide bonds. The Morgan fingerprint density at radius 3 is 2.68 bits per heavy atom. The highest BCUT2D eigenvalue weighted by Gasteiger charge is 2.13. The van der Waals surface area contributed by atoms with E-state index in [0.29, 0.717) is 12.5 Å². The zero-order chi connectivity index (χ0) is 16.4. The Balaban J connectivity index is 2.48. The first kappa shape index (κ1) is 18.4. The Hall–Kier alpha value is -1.63. The molecule has 0 bridgehead atoms. The van der Waals surface area contributed by atoms with E-state index in [1.54, 1.807) is 11.0 Å². The summed E-state index contributed by atoms with van der Waals surface area (Å²) in [6.45, 7) is 11.4. The van der Waals surface area contributed by atoms with E-state index in [-0.39, 0.29) is 6.10 Å². The van der Waals surface area contributed by atoms with Crippen LogP contribution in [0.25, 0.3) is 0 Å². The molecular weight excluding hydrogens is 280 g/mol. The number of hydrogen-bond donors (Lipinski definition) is 2. The van der Waals surface area contributed by atoms with Crippen LogP contribution >= 0.6 is 0 Å². The molecule has 0 saturated heterocycles. The predicted octanol–water partition coefficient (Wildman–Crippen LogP) is 1.32. The van der Waals surface area contributed by atoms with Crippen molar-refractivity contribution in [2.75, 3.05) is 19.7 Å². The molecule has 0 aliphatic rings. The highest BCUT2D eigenvalue weighted by molar-refractivity contribution is 5.79. The van der Waals surface area contributed by atoms with Gasteiger partial charge in [0, 0.05) is 26.7 Å². The fourth-order valence-corrected chi connectivity index (χ4v) is 2.11. The van der Waals surface area contributed by atoms with Gasteiger partial charge in [-0.15, -0.1) is 0 Å². The van der Waals surface area contributed by atoms with Crippen molar-refractivity contribution in [3.05, 3.63) is 12.2 Å². The fourth-order valence-electron chi connectivity index (χ4n) is 2.11. The molecule has 0 aromatic carbocycles. The molecule has 0 aliphatic carbocycles. The van der Waals surface area contributed by atoms with E-state index in [9.17, 15) is 0 Å². The first-order chi connectivity index (χ1) is 10.6. The zero-order valence-corrected chi connectivity index (χ0v) is 14.5. The molecule has 0 spiro atoms. The fraction of sp³-hybridized carbons (Fsp3) is 0.800. The van der Waals surface area contributed by atoms with E-state index in [2.05, 4.69) is 46.5 Å². The van der Waals surface area contributed by atoms with Gasteiger partial charge in [0.2, 0.25) is 0 Å². The van der Waals surface area contributed by atoms with Gasteiger partial charge in [-0.3, -0.25) is 4.68 Å². The summed E-state index contributed by atoms with van der Waals surface area (Å²) < 4.78 is 7.49. The maximum Gasteiger partial charge on any atom is 0.191 e. The Bertz CT molecular complexity index is 443. The second-order valence-electron chi connectivity index (χ2n) is 5.45. The largest absolute Gasteiger partial charge is 0.378 e. The highest BCUT2D eigenvalue weighted by Crippen LogP contribution is 2.09. The summed E-state index contributed by atoms with van der Waals surface area (Å²) in [4.78, 5) is 8.71. The van der Waals surface area contributed by atoms with Crippen LogP contribution in [0.2, 0.25) is 0 Å². The minimum atomic E-state index is 0.277. The molecule has 126 valence electrons. The number of hydrogen-bond acceptors (Lipinski definition) is 4. The second-order valence-corrected chi connectivity index (χ2v) is 5.45. The molecule has 2 N–H and O–H groups in total. The summed E-state index contributed by atoms with van der Waals surface area (Å²) in [7, 11) is 1.87. The maximum absolute atomic E-state index is 5.76. The molecule has 1 atom stereocenters. The van der Waals surface area contributed by atoms with E-state index < -0.39 is 0 Å². The third kappa shape index (κ3) is 6.43. The van der Waals surface area contributed by atoms with Gasteiger partial charge in [-0.25, -0.2) is 9.98 Å². The number of nitrogens with one attached hydrogen (secondary N) is 2. The molecule has 1 aromatic heterocycles. The minimum Gasteiger partial charge on any atom is -0.378 e. The lowest BCUT2D eigenvalue weighted by molar-refractivity contribution is 0.0258. The summed E-state index contributed by atoms with van der Waals surface area (Å²) in [5.41, 5.74) is 0. The second kappa shape index (κ2) is 10.2. The van der Waals surface area contributed by atoms with Gasteiger partial charge in [-0.2, -0.15) is 5.10 Å². The molecule has 1 unspecified atom stereocenters. The van der Waals surface area contributed by atoms with Crippen LogP contribution in [-0.2, 0) is 18.3 Å². The number of aliphatic imine (C=N–C) groups is 1. The molecule has 1 rings (SSSR count). The van der Waals surface area contributed by atoms with E-state index in [1.165, 1.54) is 0 Å². The molecule has 0 saturated carbocycles. The van der Waals surface area contributed by atoms with Crippen molar-refractivity contribution in [1.29, 1.82) is 0 Å². The number of ether oxygens (including phenoxy) is 1. The number of guanidine groups is 1. The average molecular weight is 310 g/mol. The zero-order valence-electron chi connectivity index (χ0n) is 14.5. The van der Waals surface area contributed by atoms with Gasteiger partial charge in [0.15, 0.2) is 5.96 Å². The molecule has 7 heteroatoms. The number of aromatic nitrogens is 3. The van der Waals surface area contributed by atoms with Gasteiger partial charge in [-0.1, -0.05) is 13.8 Å². The van der Waals surface area contributed by atoms with Gasteiger partial charge >= 0.3 is 0 Å². The van der Waals surface area contributed by atoms with E-state index in [4.69, 9.17) is 4.74 Å². The molecule has 0 aliphatic heterocycles. The van der Waals surface area contributed by atoms with Crippen LogP contribution in [0.4, 0.5) is 0 Å². The highest BCUT2D eigenvalue weighted by atomic mass is 16.5. The van der Waals surface area contributed by atoms with Crippen molar-refractivity contribution < 1.29 is 4.74 Å². The smallest absolute Gasteiger partial charge is 0.191 e. The topological polar surface area (TPSA) is 76.4 Å². The Morgan fingerprint density at radius 2 is 2.14 bits per heavy atom. The van der Waals surface area contributed by atoms with Gasteiger partial charge in [0.05, 0.1) is 6.10 Å². The number of nitrogens with zero attached hydrogens (tertiary/aromatic N) is 4. The third-order valence-electron chi connectivity index (χ3n) is 3.37. The summed E-state index contributed by atoms with van der Waals surface area (Å²) in [6.07, 6.45) is 2.78. The lowest BCUT2D eigenvalue weighted by atomic mass is 10.0. The molecule has 1 heterocycles. The van der Waals surface area contributed by atoms with Gasteiger partial charge < -0.3 is 15.4 Å². The van der Waals surface area contributed by atoms with Crippen LogP contribution in [0.1, 0.15) is 39.9 Å². The first-order valence-corrected chi connectivity index (χ1v) is 8.05. The molecule has 0 fully saturated rings. The van der Waals surface area contributed by atoms with Crippen molar-refractivity contribution >= 4 is 5.96 Å². The monoisotopic (exact) mass is 310 g/mol. The van der Waals surface area contributed by atoms with Crippen LogP contribution in [0.3, 0.4) is 0 Å². The Labute approximate surface area is 133 Å². The normalized spacial score (nSPS) is 13.5. The number of aryl methyl sites for hydroxylation is 1. The van der Waals surface area contributed by atoms with Crippen molar-refractivity contribution in [1.82, 2.24) is 25.4 Å². The summed E-state index contributed by atoms with van der Waals surface area (Å²) in [6, 6.07) is 0. The van der Waals surface area contributed by atoms with Crippen LogP contribution < -0.4 is 10.6 Å². The third-order valence-corrected chi connectivity index (χ3v) is 3.37. The summed E-state index contributed by atoms with van der Waals surface area (Å²) in [5, 5.41) is 10.6. The Kier molecular flexibility index (Phi) is 8.50. The van der Waals surface area contributed by atoms with E-state index in [0.717, 1.165) is 37.9 Å². The molecule has 22 heavy (non-hydrogen) atoms. The lowest BCUT2D eigenvalue weighted by Crippen LogP contribution is -2.39. The number of rotatable bonds is 9. The van der Waals surface area contributed by atoms with Crippen LogP contribution in [0, 0.1) is 5.92 Å². The average Bonchev–Trinajstić information content (AvgIpc) is 2.89. The maximum atomic E-state index is 5.76. The van der Waals surface area contributed by atoms with Crippen molar-refractivity contribution in [3.8, 4) is 0 Å².